The van der Waals surface area contributed by atoms with Crippen molar-refractivity contribution in [2.75, 3.05) is 6.54 Å². The first-order valence-corrected chi connectivity index (χ1v) is 6.44. The van der Waals surface area contributed by atoms with E-state index < -0.39 is 0 Å². The fourth-order valence-corrected chi connectivity index (χ4v) is 2.39. The maximum absolute atomic E-state index is 5.92. The topological polar surface area (TPSA) is 43.8 Å². The number of aryl methyl sites for hydroxylation is 3. The molecule has 2 rings (SSSR count). The number of imidazole rings is 1. The number of aromatic nitrogens is 2. The zero-order valence-electron chi connectivity index (χ0n) is 11.1. The first kappa shape index (κ1) is 12.8. The number of rotatable bonds is 5. The van der Waals surface area contributed by atoms with E-state index >= 15 is 0 Å². The van der Waals surface area contributed by atoms with Gasteiger partial charge in [0.25, 0.3) is 0 Å². The van der Waals surface area contributed by atoms with Gasteiger partial charge < -0.3 is 10.3 Å². The molecule has 1 aromatic carbocycles. The van der Waals surface area contributed by atoms with Gasteiger partial charge in [-0.15, -0.1) is 0 Å². The summed E-state index contributed by atoms with van der Waals surface area (Å²) in [4.78, 5) is 4.36. The molecular weight excluding hydrogens is 222 g/mol. The lowest BCUT2D eigenvalue weighted by atomic mass is 9.91. The Morgan fingerprint density at radius 2 is 2.11 bits per heavy atom. The number of hydrogen-bond donors (Lipinski definition) is 1. The van der Waals surface area contributed by atoms with Crippen LogP contribution in [0, 0.1) is 6.92 Å². The molecule has 2 N–H and O–H groups in total. The van der Waals surface area contributed by atoms with Crippen molar-refractivity contribution in [3.05, 3.63) is 53.6 Å². The molecule has 0 aliphatic heterocycles. The van der Waals surface area contributed by atoms with Crippen LogP contribution < -0.4 is 5.73 Å². The van der Waals surface area contributed by atoms with E-state index in [9.17, 15) is 0 Å². The minimum Gasteiger partial charge on any atom is -0.338 e. The summed E-state index contributed by atoms with van der Waals surface area (Å²) in [6.07, 6.45) is 5.85. The summed E-state index contributed by atoms with van der Waals surface area (Å²) in [6.45, 7) is 2.84. The molecular formula is C15H21N3. The normalized spacial score (nSPS) is 12.6. The van der Waals surface area contributed by atoms with Crippen molar-refractivity contribution in [3.63, 3.8) is 0 Å². The fraction of sp³-hybridized carbons (Fsp3) is 0.400. The maximum atomic E-state index is 5.92. The van der Waals surface area contributed by atoms with Crippen LogP contribution in [-0.2, 0) is 13.5 Å². The van der Waals surface area contributed by atoms with E-state index in [4.69, 9.17) is 5.73 Å². The lowest BCUT2D eigenvalue weighted by Gasteiger charge is -2.17. The lowest BCUT2D eigenvalue weighted by molar-refractivity contribution is 0.605. The molecule has 3 nitrogen and oxygen atoms in total. The molecule has 0 aliphatic carbocycles. The standard InChI is InChI=1S/C15H21N3/c1-12-5-3-4-6-14(12)13(11-16)7-8-15-17-9-10-18(15)2/h3-6,9-10,13H,7-8,11,16H2,1-2H3. The van der Waals surface area contributed by atoms with Crippen molar-refractivity contribution in [2.45, 2.75) is 25.7 Å². The third-order valence-electron chi connectivity index (χ3n) is 3.55. The summed E-state index contributed by atoms with van der Waals surface area (Å²) >= 11 is 0. The van der Waals surface area contributed by atoms with Crippen LogP contribution in [0.1, 0.15) is 29.3 Å². The molecule has 18 heavy (non-hydrogen) atoms. The Bertz CT molecular complexity index is 502. The highest BCUT2D eigenvalue weighted by atomic mass is 15.0. The van der Waals surface area contributed by atoms with E-state index in [2.05, 4.69) is 40.7 Å². The Morgan fingerprint density at radius 3 is 2.72 bits per heavy atom. The van der Waals surface area contributed by atoms with E-state index in [0.29, 0.717) is 12.5 Å². The zero-order chi connectivity index (χ0) is 13.0. The third kappa shape index (κ3) is 2.79. The van der Waals surface area contributed by atoms with Gasteiger partial charge in [-0.2, -0.15) is 0 Å². The molecule has 0 radical (unpaired) electrons. The molecule has 0 saturated heterocycles. The second kappa shape index (κ2) is 5.83. The first-order chi connectivity index (χ1) is 8.72. The predicted octanol–water partition coefficient (Wildman–Crippen LogP) is 2.40. The predicted molar refractivity (Wildman–Crippen MR) is 74.5 cm³/mol. The molecule has 1 aromatic heterocycles. The van der Waals surface area contributed by atoms with Crippen LogP contribution in [0.5, 0.6) is 0 Å². The minimum absolute atomic E-state index is 0.419. The molecule has 0 spiro atoms. The average Bonchev–Trinajstić information content (AvgIpc) is 2.78. The summed E-state index contributed by atoms with van der Waals surface area (Å²) < 4.78 is 2.07. The van der Waals surface area contributed by atoms with E-state index in [0.717, 1.165) is 18.7 Å². The van der Waals surface area contributed by atoms with Gasteiger partial charge in [0.15, 0.2) is 0 Å². The van der Waals surface area contributed by atoms with Crippen molar-refractivity contribution < 1.29 is 0 Å². The van der Waals surface area contributed by atoms with Gasteiger partial charge in [0.2, 0.25) is 0 Å². The Kier molecular flexibility index (Phi) is 4.15. The zero-order valence-corrected chi connectivity index (χ0v) is 11.1. The summed E-state index contributed by atoms with van der Waals surface area (Å²) in [7, 11) is 2.04. The molecule has 2 aromatic rings. The molecule has 1 unspecified atom stereocenters. The van der Waals surface area contributed by atoms with Gasteiger partial charge in [-0.3, -0.25) is 0 Å². The van der Waals surface area contributed by atoms with Crippen molar-refractivity contribution >= 4 is 0 Å². The molecule has 96 valence electrons. The van der Waals surface area contributed by atoms with Gasteiger partial charge in [-0.05, 0) is 36.9 Å². The highest BCUT2D eigenvalue weighted by Gasteiger charge is 2.12. The summed E-state index contributed by atoms with van der Waals surface area (Å²) in [5.74, 6) is 1.55. The van der Waals surface area contributed by atoms with Crippen LogP contribution in [0.15, 0.2) is 36.7 Å². The fourth-order valence-electron chi connectivity index (χ4n) is 2.39. The Labute approximate surface area is 109 Å². The van der Waals surface area contributed by atoms with Crippen LogP contribution in [0.2, 0.25) is 0 Å². The van der Waals surface area contributed by atoms with Crippen molar-refractivity contribution in [2.24, 2.45) is 12.8 Å². The Balaban J connectivity index is 2.07. The number of nitrogens with two attached hydrogens (primary N) is 1. The number of hydrogen-bond acceptors (Lipinski definition) is 2. The second-order valence-corrected chi connectivity index (χ2v) is 4.78. The van der Waals surface area contributed by atoms with E-state index in [-0.39, 0.29) is 0 Å². The quantitative estimate of drug-likeness (QED) is 0.876. The molecule has 3 heteroatoms. The van der Waals surface area contributed by atoms with Gasteiger partial charge in [0, 0.05) is 25.9 Å². The summed E-state index contributed by atoms with van der Waals surface area (Å²) in [5.41, 5.74) is 8.62. The molecule has 0 fully saturated rings. The van der Waals surface area contributed by atoms with Crippen molar-refractivity contribution in [1.82, 2.24) is 9.55 Å². The smallest absolute Gasteiger partial charge is 0.108 e. The van der Waals surface area contributed by atoms with Crippen LogP contribution in [0.4, 0.5) is 0 Å². The Hall–Kier alpha value is -1.61. The second-order valence-electron chi connectivity index (χ2n) is 4.78. The maximum Gasteiger partial charge on any atom is 0.108 e. The number of benzene rings is 1. The minimum atomic E-state index is 0.419. The first-order valence-electron chi connectivity index (χ1n) is 6.44. The summed E-state index contributed by atoms with van der Waals surface area (Å²) in [6, 6.07) is 8.50. The largest absolute Gasteiger partial charge is 0.338 e. The lowest BCUT2D eigenvalue weighted by Crippen LogP contribution is -2.15. The van der Waals surface area contributed by atoms with Crippen molar-refractivity contribution in [1.29, 1.82) is 0 Å². The van der Waals surface area contributed by atoms with E-state index in [1.165, 1.54) is 11.1 Å². The van der Waals surface area contributed by atoms with E-state index in [1.54, 1.807) is 0 Å². The van der Waals surface area contributed by atoms with Crippen LogP contribution in [0.25, 0.3) is 0 Å². The number of nitrogens with zero attached hydrogens (tertiary/aromatic N) is 2. The van der Waals surface area contributed by atoms with Gasteiger partial charge in [-0.25, -0.2) is 4.98 Å². The van der Waals surface area contributed by atoms with Crippen LogP contribution >= 0.6 is 0 Å². The summed E-state index contributed by atoms with van der Waals surface area (Å²) in [5, 5.41) is 0. The van der Waals surface area contributed by atoms with Gasteiger partial charge >= 0.3 is 0 Å². The van der Waals surface area contributed by atoms with E-state index in [1.807, 2.05) is 19.4 Å². The van der Waals surface area contributed by atoms with Gasteiger partial charge in [-0.1, -0.05) is 24.3 Å². The highest BCUT2D eigenvalue weighted by molar-refractivity contribution is 5.29. The SMILES string of the molecule is Cc1ccccc1C(CN)CCc1nccn1C. The molecule has 1 atom stereocenters. The molecule has 1 heterocycles. The molecule has 0 aliphatic rings. The molecule has 0 bridgehead atoms. The monoisotopic (exact) mass is 243 g/mol. The third-order valence-corrected chi connectivity index (χ3v) is 3.55. The van der Waals surface area contributed by atoms with Gasteiger partial charge in [0.05, 0.1) is 0 Å². The van der Waals surface area contributed by atoms with Gasteiger partial charge in [0.1, 0.15) is 5.82 Å². The molecule has 0 amide bonds. The average molecular weight is 243 g/mol. The van der Waals surface area contributed by atoms with Crippen molar-refractivity contribution in [3.8, 4) is 0 Å². The Morgan fingerprint density at radius 1 is 1.33 bits per heavy atom. The van der Waals surface area contributed by atoms with Crippen LogP contribution in [0.3, 0.4) is 0 Å². The molecule has 0 saturated carbocycles. The highest BCUT2D eigenvalue weighted by Crippen LogP contribution is 2.23. The van der Waals surface area contributed by atoms with Crippen LogP contribution in [-0.4, -0.2) is 16.1 Å².